The molecule has 2 atom stereocenters. The highest BCUT2D eigenvalue weighted by atomic mass is 32.2. The van der Waals surface area contributed by atoms with E-state index in [0.717, 1.165) is 30.4 Å². The lowest BCUT2D eigenvalue weighted by Crippen LogP contribution is -2.64. The minimum absolute atomic E-state index is 0.000681. The lowest BCUT2D eigenvalue weighted by atomic mass is 9.93. The summed E-state index contributed by atoms with van der Waals surface area (Å²) in [6.45, 7) is 8.86. The smallest absolute Gasteiger partial charge is 0.408 e. The van der Waals surface area contributed by atoms with E-state index in [2.05, 4.69) is 32.0 Å². The first-order chi connectivity index (χ1) is 24.0. The highest BCUT2D eigenvalue weighted by Crippen LogP contribution is 2.46. The largest absolute Gasteiger partial charge is 0.469 e. The number of benzene rings is 2. The summed E-state index contributed by atoms with van der Waals surface area (Å²) in [5, 5.41) is 8.16. The van der Waals surface area contributed by atoms with Crippen LogP contribution in [0.2, 0.25) is 0 Å². The van der Waals surface area contributed by atoms with Crippen LogP contribution in [0.3, 0.4) is 0 Å². The summed E-state index contributed by atoms with van der Waals surface area (Å²) in [5.41, 5.74) is -2.31. The van der Waals surface area contributed by atoms with Gasteiger partial charge in [-0.15, -0.1) is 6.58 Å². The van der Waals surface area contributed by atoms with Crippen molar-refractivity contribution >= 4 is 45.5 Å². The topological polar surface area (TPSA) is 186 Å². The number of methoxy groups -OCH3 is 1. The molecular weight excluding hydrogens is 676 g/mol. The molecule has 1 saturated carbocycles. The molecule has 0 unspecified atom stereocenters. The first-order valence-corrected chi connectivity index (χ1v) is 18.6. The molecule has 1 fully saturated rings. The molecule has 4 rings (SSSR count). The van der Waals surface area contributed by atoms with Crippen molar-refractivity contribution in [3.05, 3.63) is 72.3 Å². The number of sulfonamides is 1. The third kappa shape index (κ3) is 9.96. The number of esters is 1. The number of alkyl carbamates (subject to hydrolysis) is 1. The molecular formula is C37H48N4O9S. The number of rotatable bonds is 16. The highest BCUT2D eigenvalue weighted by Gasteiger charge is 2.62. The van der Waals surface area contributed by atoms with Crippen LogP contribution in [-0.4, -0.2) is 62.0 Å². The first-order valence-electron chi connectivity index (χ1n) is 17.1. The van der Waals surface area contributed by atoms with Gasteiger partial charge in [0.2, 0.25) is 11.8 Å². The molecule has 51 heavy (non-hydrogen) atoms. The van der Waals surface area contributed by atoms with Gasteiger partial charge in [0, 0.05) is 31.6 Å². The first kappa shape index (κ1) is 39.1. The molecule has 0 heterocycles. The van der Waals surface area contributed by atoms with E-state index in [1.54, 1.807) is 26.8 Å². The van der Waals surface area contributed by atoms with Gasteiger partial charge in [-0.05, 0) is 63.3 Å². The van der Waals surface area contributed by atoms with E-state index in [1.165, 1.54) is 31.4 Å². The van der Waals surface area contributed by atoms with Crippen LogP contribution in [0.1, 0.15) is 83.3 Å². The fraction of sp³-hybridized carbons (Fsp3) is 0.486. The normalized spacial score (nSPS) is 18.8. The van der Waals surface area contributed by atoms with E-state index in [-0.39, 0.29) is 42.2 Å². The Balaban J connectivity index is 1.44. The molecule has 0 radical (unpaired) electrons. The van der Waals surface area contributed by atoms with Crippen LogP contribution in [0.25, 0.3) is 0 Å². The van der Waals surface area contributed by atoms with Crippen molar-refractivity contribution in [3.63, 3.8) is 0 Å². The predicted octanol–water partition coefficient (Wildman–Crippen LogP) is 4.46. The molecule has 4 N–H and O–H groups in total. The van der Waals surface area contributed by atoms with Gasteiger partial charge in [-0.3, -0.25) is 19.2 Å². The minimum atomic E-state index is -4.54. The fourth-order valence-electron chi connectivity index (χ4n) is 6.25. The van der Waals surface area contributed by atoms with Crippen LogP contribution in [0.15, 0.2) is 66.1 Å². The summed E-state index contributed by atoms with van der Waals surface area (Å²) in [7, 11) is -3.19. The van der Waals surface area contributed by atoms with Gasteiger partial charge >= 0.3 is 12.1 Å². The number of hydrogen-bond acceptors (Lipinski definition) is 9. The Morgan fingerprint density at radius 2 is 1.45 bits per heavy atom. The SMILES string of the molecule is C=C[C@@H]1C[C@@]1(NC(=O)C1(NC(=O)OC(C)(C)C)Cc2ccccc2C1)C(=O)NS(=O)(=O)c1ccccc1NC(=O)CCCCCCCC(=O)OC. The molecule has 0 spiro atoms. The number of ether oxygens (including phenoxy) is 2. The van der Waals surface area contributed by atoms with Gasteiger partial charge in [-0.1, -0.05) is 61.7 Å². The monoisotopic (exact) mass is 724 g/mol. The van der Waals surface area contributed by atoms with Gasteiger partial charge in [0.05, 0.1) is 12.8 Å². The third-order valence-corrected chi connectivity index (χ3v) is 10.4. The van der Waals surface area contributed by atoms with E-state index >= 15 is 0 Å². The maximum absolute atomic E-state index is 14.2. The summed E-state index contributed by atoms with van der Waals surface area (Å²) in [6.07, 6.45) is 5.17. The average molecular weight is 725 g/mol. The predicted molar refractivity (Wildman–Crippen MR) is 190 cm³/mol. The Kier molecular flexibility index (Phi) is 12.3. The van der Waals surface area contributed by atoms with Crippen LogP contribution in [-0.2, 0) is 51.5 Å². The van der Waals surface area contributed by atoms with Crippen molar-refractivity contribution in [2.45, 2.75) is 107 Å². The molecule has 4 amide bonds. The van der Waals surface area contributed by atoms with E-state index in [1.807, 2.05) is 24.3 Å². The molecule has 2 aromatic carbocycles. The Labute approximate surface area is 299 Å². The van der Waals surface area contributed by atoms with Crippen molar-refractivity contribution in [2.24, 2.45) is 5.92 Å². The van der Waals surface area contributed by atoms with Crippen molar-refractivity contribution in [2.75, 3.05) is 12.4 Å². The van der Waals surface area contributed by atoms with E-state index in [9.17, 15) is 32.4 Å². The number of para-hydroxylation sites is 1. The van der Waals surface area contributed by atoms with Crippen molar-refractivity contribution < 1.29 is 41.9 Å². The molecule has 0 aromatic heterocycles. The van der Waals surface area contributed by atoms with E-state index in [0.29, 0.717) is 19.3 Å². The Hall–Kier alpha value is -4.72. The Morgan fingerprint density at radius 1 is 0.863 bits per heavy atom. The lowest BCUT2D eigenvalue weighted by Gasteiger charge is -2.32. The van der Waals surface area contributed by atoms with Crippen molar-refractivity contribution in [1.82, 2.24) is 15.4 Å². The summed E-state index contributed by atoms with van der Waals surface area (Å²) in [5.74, 6) is -2.88. The van der Waals surface area contributed by atoms with Crippen LogP contribution in [0.5, 0.6) is 0 Å². The number of nitrogens with one attached hydrogen (secondary N) is 4. The Bertz CT molecular complexity index is 1740. The summed E-state index contributed by atoms with van der Waals surface area (Å²) < 4.78 is 39.5. The second kappa shape index (κ2) is 16.1. The van der Waals surface area contributed by atoms with E-state index in [4.69, 9.17) is 4.74 Å². The van der Waals surface area contributed by atoms with Crippen molar-refractivity contribution in [3.8, 4) is 0 Å². The zero-order valence-corrected chi connectivity index (χ0v) is 30.5. The molecule has 276 valence electrons. The van der Waals surface area contributed by atoms with Crippen LogP contribution < -0.4 is 20.7 Å². The number of amides is 4. The molecule has 0 aliphatic heterocycles. The van der Waals surface area contributed by atoms with E-state index < -0.39 is 56.4 Å². The number of hydrogen-bond donors (Lipinski definition) is 4. The zero-order valence-electron chi connectivity index (χ0n) is 29.6. The standard InChI is InChI=1S/C37H48N4O9S/c1-6-27-24-37(27,39-32(44)36(40-34(46)50-35(2,3)4)22-25-16-12-13-17-26(25)23-36)33(45)41-51(47,48)29-19-15-14-18-28(29)38-30(42)20-10-8-7-9-11-21-31(43)49-5/h6,12-19,27H,1,7-11,20-24H2,2-5H3,(H,38,42)(H,39,44)(H,40,46)(H,41,45)/t27-,37+/m1/s1. The molecule has 0 bridgehead atoms. The molecule has 14 heteroatoms. The van der Waals surface area contributed by atoms with Gasteiger partial charge < -0.3 is 25.4 Å². The van der Waals surface area contributed by atoms with Gasteiger partial charge in [-0.25, -0.2) is 17.9 Å². The second-order valence-electron chi connectivity index (χ2n) is 14.1. The van der Waals surface area contributed by atoms with Crippen LogP contribution >= 0.6 is 0 Å². The molecule has 2 aliphatic rings. The second-order valence-corrected chi connectivity index (χ2v) is 15.8. The molecule has 13 nitrogen and oxygen atoms in total. The highest BCUT2D eigenvalue weighted by molar-refractivity contribution is 7.90. The number of anilines is 1. The maximum Gasteiger partial charge on any atom is 0.408 e. The fourth-order valence-corrected chi connectivity index (χ4v) is 7.45. The lowest BCUT2D eigenvalue weighted by molar-refractivity contribution is -0.140. The summed E-state index contributed by atoms with van der Waals surface area (Å²) in [6, 6.07) is 13.1. The number of carbonyl (C=O) groups is 5. The molecule has 2 aliphatic carbocycles. The summed E-state index contributed by atoms with van der Waals surface area (Å²) in [4.78, 5) is 64.6. The molecule has 2 aromatic rings. The van der Waals surface area contributed by atoms with Crippen LogP contribution in [0, 0.1) is 5.92 Å². The Morgan fingerprint density at radius 3 is 2.04 bits per heavy atom. The van der Waals surface area contributed by atoms with Gasteiger partial charge in [0.1, 0.15) is 21.6 Å². The number of fused-ring (bicyclic) bond motifs is 1. The number of unbranched alkanes of at least 4 members (excludes halogenated alkanes) is 4. The zero-order chi connectivity index (χ0) is 37.5. The number of carbonyl (C=O) groups excluding carboxylic acids is 5. The van der Waals surface area contributed by atoms with Crippen LogP contribution in [0.4, 0.5) is 10.5 Å². The quantitative estimate of drug-likeness (QED) is 0.110. The average Bonchev–Trinajstić information content (AvgIpc) is 3.65. The third-order valence-electron chi connectivity index (χ3n) is 9.01. The minimum Gasteiger partial charge on any atom is -0.469 e. The summed E-state index contributed by atoms with van der Waals surface area (Å²) >= 11 is 0. The van der Waals surface area contributed by atoms with Crippen molar-refractivity contribution in [1.29, 1.82) is 0 Å². The molecule has 0 saturated heterocycles. The van der Waals surface area contributed by atoms with Gasteiger partial charge in [-0.2, -0.15) is 0 Å². The van der Waals surface area contributed by atoms with Gasteiger partial charge in [0.25, 0.3) is 15.9 Å². The maximum atomic E-state index is 14.2. The van der Waals surface area contributed by atoms with Gasteiger partial charge in [0.15, 0.2) is 0 Å².